The molecule has 0 radical (unpaired) electrons. The third-order valence-electron chi connectivity index (χ3n) is 4.09. The highest BCUT2D eigenvalue weighted by Crippen LogP contribution is 2.11. The zero-order chi connectivity index (χ0) is 19.6. The molecule has 0 saturated heterocycles. The lowest BCUT2D eigenvalue weighted by Crippen LogP contribution is -2.33. The van der Waals surface area contributed by atoms with Crippen LogP contribution in [0.2, 0.25) is 0 Å². The molecular weight excluding hydrogens is 342 g/mol. The predicted molar refractivity (Wildman–Crippen MR) is 105 cm³/mol. The van der Waals surface area contributed by atoms with Gasteiger partial charge in [0.25, 0.3) is 11.8 Å². The lowest BCUT2D eigenvalue weighted by molar-refractivity contribution is 0.0749. The van der Waals surface area contributed by atoms with Crippen LogP contribution >= 0.6 is 0 Å². The molecule has 0 unspecified atom stereocenters. The first-order chi connectivity index (χ1) is 13.1. The minimum absolute atomic E-state index is 0.136. The van der Waals surface area contributed by atoms with Crippen molar-refractivity contribution >= 4 is 11.8 Å². The first-order valence-electron chi connectivity index (χ1n) is 9.26. The zero-order valence-electron chi connectivity index (χ0n) is 16.2. The summed E-state index contributed by atoms with van der Waals surface area (Å²) in [5.74, 6) is 0.322. The van der Waals surface area contributed by atoms with Crippen molar-refractivity contribution in [2.75, 3.05) is 20.2 Å². The van der Waals surface area contributed by atoms with E-state index in [0.29, 0.717) is 25.3 Å². The predicted octanol–water partition coefficient (Wildman–Crippen LogP) is 3.28. The quantitative estimate of drug-likeness (QED) is 0.736. The van der Waals surface area contributed by atoms with Gasteiger partial charge in [-0.3, -0.25) is 9.59 Å². The highest BCUT2D eigenvalue weighted by atomic mass is 16.5. The maximum atomic E-state index is 12.7. The molecule has 6 nitrogen and oxygen atoms in total. The van der Waals surface area contributed by atoms with Crippen LogP contribution in [0, 0.1) is 0 Å². The molecule has 0 bridgehead atoms. The lowest BCUT2D eigenvalue weighted by atomic mass is 10.2. The summed E-state index contributed by atoms with van der Waals surface area (Å²) in [5, 5.41) is 2.83. The number of methoxy groups -OCH3 is 1. The summed E-state index contributed by atoms with van der Waals surface area (Å²) in [4.78, 5) is 31.1. The van der Waals surface area contributed by atoms with Crippen molar-refractivity contribution in [1.29, 1.82) is 0 Å². The Labute approximate surface area is 160 Å². The van der Waals surface area contributed by atoms with E-state index in [1.807, 2.05) is 38.1 Å². The number of ether oxygens (including phenoxy) is 1. The number of nitrogens with zero attached hydrogens (tertiary/aromatic N) is 2. The Hall–Kier alpha value is -2.89. The molecule has 144 valence electrons. The molecule has 1 aromatic carbocycles. The van der Waals surface area contributed by atoms with Gasteiger partial charge in [0.1, 0.15) is 17.1 Å². The monoisotopic (exact) mass is 369 g/mol. The zero-order valence-corrected chi connectivity index (χ0v) is 16.2. The molecular formula is C21H27N3O3. The van der Waals surface area contributed by atoms with E-state index in [1.54, 1.807) is 30.2 Å². The maximum absolute atomic E-state index is 12.7. The molecule has 0 spiro atoms. The number of aromatic nitrogens is 1. The minimum atomic E-state index is -0.307. The maximum Gasteiger partial charge on any atom is 0.272 e. The molecule has 0 aliphatic rings. The largest absolute Gasteiger partial charge is 0.497 e. The Morgan fingerprint density at radius 2 is 1.63 bits per heavy atom. The third-order valence-corrected chi connectivity index (χ3v) is 4.09. The van der Waals surface area contributed by atoms with Crippen molar-refractivity contribution < 1.29 is 14.3 Å². The summed E-state index contributed by atoms with van der Waals surface area (Å²) in [5.41, 5.74) is 1.49. The first kappa shape index (κ1) is 20.4. The van der Waals surface area contributed by atoms with Crippen molar-refractivity contribution in [1.82, 2.24) is 15.2 Å². The Bertz CT molecular complexity index is 754. The summed E-state index contributed by atoms with van der Waals surface area (Å²) in [7, 11) is 1.61. The van der Waals surface area contributed by atoms with E-state index in [0.717, 1.165) is 24.2 Å². The van der Waals surface area contributed by atoms with Gasteiger partial charge < -0.3 is 15.0 Å². The molecule has 1 N–H and O–H groups in total. The smallest absolute Gasteiger partial charge is 0.272 e. The fourth-order valence-corrected chi connectivity index (χ4v) is 2.71. The van der Waals surface area contributed by atoms with Crippen LogP contribution < -0.4 is 10.1 Å². The van der Waals surface area contributed by atoms with E-state index in [-0.39, 0.29) is 17.5 Å². The van der Waals surface area contributed by atoms with Gasteiger partial charge in [0, 0.05) is 19.6 Å². The Kier molecular flexibility index (Phi) is 7.79. The Balaban J connectivity index is 2.04. The van der Waals surface area contributed by atoms with Crippen molar-refractivity contribution in [2.45, 2.75) is 33.2 Å². The summed E-state index contributed by atoms with van der Waals surface area (Å²) >= 11 is 0. The number of carbonyl (C=O) groups is 2. The molecule has 2 rings (SSSR count). The van der Waals surface area contributed by atoms with Gasteiger partial charge in [0.2, 0.25) is 0 Å². The van der Waals surface area contributed by atoms with E-state index >= 15 is 0 Å². The second-order valence-corrected chi connectivity index (χ2v) is 6.23. The topological polar surface area (TPSA) is 71.5 Å². The second kappa shape index (κ2) is 10.3. The van der Waals surface area contributed by atoms with Gasteiger partial charge in [-0.05, 0) is 42.7 Å². The average molecular weight is 369 g/mol. The number of hydrogen-bond acceptors (Lipinski definition) is 4. The van der Waals surface area contributed by atoms with Crippen molar-refractivity contribution in [3.63, 3.8) is 0 Å². The van der Waals surface area contributed by atoms with Crippen molar-refractivity contribution in [3.8, 4) is 5.75 Å². The van der Waals surface area contributed by atoms with E-state index in [2.05, 4.69) is 10.3 Å². The van der Waals surface area contributed by atoms with E-state index < -0.39 is 0 Å². The van der Waals surface area contributed by atoms with Gasteiger partial charge in [-0.15, -0.1) is 0 Å². The Morgan fingerprint density at radius 3 is 2.22 bits per heavy atom. The molecule has 0 aliphatic heterocycles. The van der Waals surface area contributed by atoms with Gasteiger partial charge in [0.05, 0.1) is 7.11 Å². The third kappa shape index (κ3) is 5.81. The van der Waals surface area contributed by atoms with Crippen LogP contribution in [0.3, 0.4) is 0 Å². The van der Waals surface area contributed by atoms with Crippen LogP contribution in [0.4, 0.5) is 0 Å². The molecule has 0 atom stereocenters. The second-order valence-electron chi connectivity index (χ2n) is 6.23. The van der Waals surface area contributed by atoms with Gasteiger partial charge in [-0.25, -0.2) is 4.98 Å². The summed E-state index contributed by atoms with van der Waals surface area (Å²) < 4.78 is 5.12. The molecule has 27 heavy (non-hydrogen) atoms. The lowest BCUT2D eigenvalue weighted by Gasteiger charge is -2.21. The molecule has 6 heteroatoms. The number of pyridine rings is 1. The number of rotatable bonds is 9. The van der Waals surface area contributed by atoms with Gasteiger partial charge in [-0.1, -0.05) is 32.0 Å². The summed E-state index contributed by atoms with van der Waals surface area (Å²) in [6, 6.07) is 12.4. The minimum Gasteiger partial charge on any atom is -0.497 e. The van der Waals surface area contributed by atoms with Crippen LogP contribution in [0.1, 0.15) is 53.2 Å². The highest BCUT2D eigenvalue weighted by molar-refractivity contribution is 5.96. The molecule has 0 saturated carbocycles. The molecule has 1 heterocycles. The Morgan fingerprint density at radius 1 is 1.00 bits per heavy atom. The molecule has 2 amide bonds. The van der Waals surface area contributed by atoms with Crippen LogP contribution in [-0.4, -0.2) is 41.9 Å². The van der Waals surface area contributed by atoms with Gasteiger partial charge in [0.15, 0.2) is 0 Å². The summed E-state index contributed by atoms with van der Waals surface area (Å²) in [6.07, 6.45) is 1.77. The van der Waals surface area contributed by atoms with Gasteiger partial charge in [-0.2, -0.15) is 0 Å². The summed E-state index contributed by atoms with van der Waals surface area (Å²) in [6.45, 7) is 5.81. The number of carbonyl (C=O) groups excluding carboxylic acids is 2. The van der Waals surface area contributed by atoms with Gasteiger partial charge >= 0.3 is 0 Å². The number of hydrogen-bond donors (Lipinski definition) is 1. The van der Waals surface area contributed by atoms with E-state index in [1.165, 1.54) is 0 Å². The standard InChI is InChI=1S/C21H27N3O3/c1-4-13-24(14-5-2)21(26)19-8-6-7-18(23-19)20(25)22-15-16-9-11-17(27-3)12-10-16/h6-12H,4-5,13-15H2,1-3H3,(H,22,25). The number of amides is 2. The van der Waals surface area contributed by atoms with Crippen molar-refractivity contribution in [2.24, 2.45) is 0 Å². The van der Waals surface area contributed by atoms with Crippen LogP contribution in [0.25, 0.3) is 0 Å². The fraction of sp³-hybridized carbons (Fsp3) is 0.381. The van der Waals surface area contributed by atoms with E-state index in [9.17, 15) is 9.59 Å². The molecule has 0 aliphatic carbocycles. The van der Waals surface area contributed by atoms with Crippen LogP contribution in [0.5, 0.6) is 5.75 Å². The fourth-order valence-electron chi connectivity index (χ4n) is 2.71. The van der Waals surface area contributed by atoms with E-state index in [4.69, 9.17) is 4.74 Å². The normalized spacial score (nSPS) is 10.3. The SMILES string of the molecule is CCCN(CCC)C(=O)c1cccc(C(=O)NCc2ccc(OC)cc2)n1. The first-order valence-corrected chi connectivity index (χ1v) is 9.26. The molecule has 1 aromatic heterocycles. The van der Waals surface area contributed by atoms with Crippen molar-refractivity contribution in [3.05, 3.63) is 59.4 Å². The molecule has 2 aromatic rings. The average Bonchev–Trinajstić information content (AvgIpc) is 2.71. The van der Waals surface area contributed by atoms with Crippen LogP contribution in [0.15, 0.2) is 42.5 Å². The number of benzene rings is 1. The highest BCUT2D eigenvalue weighted by Gasteiger charge is 2.17. The van der Waals surface area contributed by atoms with Crippen LogP contribution in [-0.2, 0) is 6.54 Å². The number of nitrogens with one attached hydrogen (secondary N) is 1. The molecule has 0 fully saturated rings.